The molecule has 0 aliphatic heterocycles. The molecule has 0 bridgehead atoms. The van der Waals surface area contributed by atoms with Crippen molar-refractivity contribution >= 4 is 11.0 Å². The number of pyridine rings is 1. The van der Waals surface area contributed by atoms with Crippen molar-refractivity contribution in [3.63, 3.8) is 0 Å². The number of fused-ring (bicyclic) bond motifs is 1. The van der Waals surface area contributed by atoms with E-state index in [1.54, 1.807) is 10.9 Å². The van der Waals surface area contributed by atoms with Gasteiger partial charge < -0.3 is 0 Å². The quantitative estimate of drug-likeness (QED) is 0.716. The highest BCUT2D eigenvalue weighted by molar-refractivity contribution is 5.78. The summed E-state index contributed by atoms with van der Waals surface area (Å²) in [5.74, 6) is 1.11. The molecule has 5 heteroatoms. The van der Waals surface area contributed by atoms with Crippen LogP contribution in [-0.2, 0) is 7.05 Å². The first kappa shape index (κ1) is 12.7. The molecule has 3 aromatic rings. The van der Waals surface area contributed by atoms with Crippen LogP contribution in [0.1, 0.15) is 31.0 Å². The van der Waals surface area contributed by atoms with Gasteiger partial charge in [-0.05, 0) is 30.5 Å². The lowest BCUT2D eigenvalue weighted by molar-refractivity contribution is 0.782. The molecule has 102 valence electrons. The molecule has 0 spiro atoms. The Balaban J connectivity index is 2.14. The lowest BCUT2D eigenvalue weighted by atomic mass is 10.0. The predicted molar refractivity (Wildman–Crippen MR) is 78.4 cm³/mol. The van der Waals surface area contributed by atoms with Gasteiger partial charge in [0, 0.05) is 13.2 Å². The van der Waals surface area contributed by atoms with Gasteiger partial charge in [0.05, 0.1) is 11.9 Å². The molecule has 0 atom stereocenters. The van der Waals surface area contributed by atoms with Crippen molar-refractivity contribution in [2.45, 2.75) is 26.7 Å². The molecule has 0 fully saturated rings. The average molecular weight is 267 g/mol. The third-order valence-electron chi connectivity index (χ3n) is 3.44. The summed E-state index contributed by atoms with van der Waals surface area (Å²) < 4.78 is 1.80. The fraction of sp³-hybridized carbons (Fsp3) is 0.333. The van der Waals surface area contributed by atoms with Gasteiger partial charge >= 0.3 is 0 Å². The third kappa shape index (κ3) is 2.05. The van der Waals surface area contributed by atoms with Crippen molar-refractivity contribution in [2.24, 2.45) is 7.05 Å². The van der Waals surface area contributed by atoms with Crippen LogP contribution in [0.4, 0.5) is 0 Å². The number of aromatic nitrogens is 5. The second-order valence-electron chi connectivity index (χ2n) is 5.27. The first-order valence-corrected chi connectivity index (χ1v) is 6.69. The number of hydrogen-bond donors (Lipinski definition) is 0. The van der Waals surface area contributed by atoms with Crippen molar-refractivity contribution in [2.75, 3.05) is 0 Å². The Morgan fingerprint density at radius 2 is 2.00 bits per heavy atom. The van der Waals surface area contributed by atoms with Gasteiger partial charge in [-0.1, -0.05) is 13.8 Å². The van der Waals surface area contributed by atoms with Gasteiger partial charge in [0.1, 0.15) is 16.7 Å². The number of aryl methyl sites for hydroxylation is 2. The van der Waals surface area contributed by atoms with Gasteiger partial charge in [-0.3, -0.25) is 9.67 Å². The molecule has 0 aromatic carbocycles. The van der Waals surface area contributed by atoms with Crippen LogP contribution in [0.15, 0.2) is 24.5 Å². The molecule has 5 nitrogen and oxygen atoms in total. The van der Waals surface area contributed by atoms with E-state index in [1.807, 2.05) is 26.2 Å². The lowest BCUT2D eigenvalue weighted by Gasteiger charge is -2.06. The summed E-state index contributed by atoms with van der Waals surface area (Å²) in [7, 11) is 1.90. The summed E-state index contributed by atoms with van der Waals surface area (Å²) >= 11 is 0. The molecular weight excluding hydrogens is 250 g/mol. The van der Waals surface area contributed by atoms with Crippen molar-refractivity contribution in [1.29, 1.82) is 0 Å². The molecule has 0 radical (unpaired) electrons. The summed E-state index contributed by atoms with van der Waals surface area (Å²) in [5.41, 5.74) is 4.77. The van der Waals surface area contributed by atoms with Gasteiger partial charge in [0.2, 0.25) is 0 Å². The zero-order valence-electron chi connectivity index (χ0n) is 12.1. The number of nitrogens with zero attached hydrogens (tertiary/aromatic N) is 5. The largest absolute Gasteiger partial charge is 0.264 e. The summed E-state index contributed by atoms with van der Waals surface area (Å²) in [5, 5.41) is 4.36. The van der Waals surface area contributed by atoms with Crippen LogP contribution in [0.3, 0.4) is 0 Å². The Hall–Kier alpha value is -2.30. The Kier molecular flexibility index (Phi) is 2.97. The predicted octanol–water partition coefficient (Wildman–Crippen LogP) is 2.86. The maximum absolute atomic E-state index is 4.61. The van der Waals surface area contributed by atoms with Crippen molar-refractivity contribution in [3.05, 3.63) is 35.8 Å². The van der Waals surface area contributed by atoms with Crippen LogP contribution < -0.4 is 0 Å². The molecule has 3 rings (SSSR count). The summed E-state index contributed by atoms with van der Waals surface area (Å²) in [6, 6.07) is 4.08. The van der Waals surface area contributed by atoms with Crippen LogP contribution in [0, 0.1) is 6.92 Å². The highest BCUT2D eigenvalue weighted by atomic mass is 15.3. The maximum atomic E-state index is 4.61. The standard InChI is InChI=1S/C15H17N5/c1-9(2)11-5-6-16-12(7-11)15-17-8-13-14(18-15)10(3)19-20(13)4/h5-9H,1-4H3. The molecular formula is C15H17N5. The number of hydrogen-bond acceptors (Lipinski definition) is 4. The maximum Gasteiger partial charge on any atom is 0.178 e. The fourth-order valence-corrected chi connectivity index (χ4v) is 2.26. The smallest absolute Gasteiger partial charge is 0.178 e. The SMILES string of the molecule is Cc1nn(C)c2cnc(-c3cc(C(C)C)ccn3)nc12. The topological polar surface area (TPSA) is 56.5 Å². The highest BCUT2D eigenvalue weighted by Crippen LogP contribution is 2.21. The zero-order valence-corrected chi connectivity index (χ0v) is 12.1. The van der Waals surface area contributed by atoms with Gasteiger partial charge in [-0.25, -0.2) is 9.97 Å². The van der Waals surface area contributed by atoms with Crippen molar-refractivity contribution in [3.8, 4) is 11.5 Å². The summed E-state index contributed by atoms with van der Waals surface area (Å²) in [6.45, 7) is 6.28. The van der Waals surface area contributed by atoms with Gasteiger partial charge in [-0.2, -0.15) is 5.10 Å². The van der Waals surface area contributed by atoms with E-state index in [4.69, 9.17) is 0 Å². The van der Waals surface area contributed by atoms with E-state index in [0.717, 1.165) is 22.4 Å². The van der Waals surface area contributed by atoms with Crippen LogP contribution in [0.25, 0.3) is 22.6 Å². The molecule has 0 amide bonds. The molecule has 3 aromatic heterocycles. The normalized spacial score (nSPS) is 11.4. The van der Waals surface area contributed by atoms with E-state index < -0.39 is 0 Å². The summed E-state index contributed by atoms with van der Waals surface area (Å²) in [6.07, 6.45) is 3.62. The van der Waals surface area contributed by atoms with Crippen LogP contribution in [0.5, 0.6) is 0 Å². The fourth-order valence-electron chi connectivity index (χ4n) is 2.26. The molecule has 0 aliphatic carbocycles. The molecule has 0 unspecified atom stereocenters. The second-order valence-corrected chi connectivity index (χ2v) is 5.27. The Morgan fingerprint density at radius 3 is 2.75 bits per heavy atom. The minimum absolute atomic E-state index is 0.459. The van der Waals surface area contributed by atoms with Crippen molar-refractivity contribution in [1.82, 2.24) is 24.7 Å². The molecule has 0 aliphatic rings. The van der Waals surface area contributed by atoms with E-state index in [-0.39, 0.29) is 0 Å². The summed E-state index contributed by atoms with van der Waals surface area (Å²) in [4.78, 5) is 13.4. The molecule has 20 heavy (non-hydrogen) atoms. The Bertz CT molecular complexity index is 773. The van der Waals surface area contributed by atoms with Crippen LogP contribution in [0.2, 0.25) is 0 Å². The minimum atomic E-state index is 0.459. The van der Waals surface area contributed by atoms with E-state index in [2.05, 4.69) is 40.0 Å². The lowest BCUT2D eigenvalue weighted by Crippen LogP contribution is -1.96. The minimum Gasteiger partial charge on any atom is -0.264 e. The molecule has 0 N–H and O–H groups in total. The highest BCUT2D eigenvalue weighted by Gasteiger charge is 2.11. The third-order valence-corrected chi connectivity index (χ3v) is 3.44. The first-order valence-electron chi connectivity index (χ1n) is 6.69. The monoisotopic (exact) mass is 267 g/mol. The van der Waals surface area contributed by atoms with Gasteiger partial charge in [0.15, 0.2) is 5.82 Å². The van der Waals surface area contributed by atoms with E-state index in [1.165, 1.54) is 5.56 Å². The first-order chi connectivity index (χ1) is 9.56. The Morgan fingerprint density at radius 1 is 1.20 bits per heavy atom. The zero-order chi connectivity index (χ0) is 14.3. The Labute approximate surface area is 117 Å². The molecule has 3 heterocycles. The number of rotatable bonds is 2. The molecule has 0 saturated heterocycles. The van der Waals surface area contributed by atoms with Gasteiger partial charge in [0.25, 0.3) is 0 Å². The van der Waals surface area contributed by atoms with E-state index in [9.17, 15) is 0 Å². The van der Waals surface area contributed by atoms with Crippen molar-refractivity contribution < 1.29 is 0 Å². The second kappa shape index (κ2) is 4.67. The van der Waals surface area contributed by atoms with E-state index >= 15 is 0 Å². The molecule has 0 saturated carbocycles. The average Bonchev–Trinajstić information content (AvgIpc) is 2.74. The van der Waals surface area contributed by atoms with E-state index in [0.29, 0.717) is 11.7 Å². The van der Waals surface area contributed by atoms with Gasteiger partial charge in [-0.15, -0.1) is 0 Å². The van der Waals surface area contributed by atoms with Crippen LogP contribution >= 0.6 is 0 Å². The van der Waals surface area contributed by atoms with Crippen LogP contribution in [-0.4, -0.2) is 24.7 Å².